The van der Waals surface area contributed by atoms with Crippen molar-refractivity contribution in [3.63, 3.8) is 0 Å². The van der Waals surface area contributed by atoms with Gasteiger partial charge >= 0.3 is 5.97 Å². The summed E-state index contributed by atoms with van der Waals surface area (Å²) in [5.74, 6) is -2.25. The molecular formula is C13H16FNO4. The fraction of sp³-hybridized carbons (Fsp3) is 0.385. The second kappa shape index (κ2) is 6.29. The van der Waals surface area contributed by atoms with E-state index in [9.17, 15) is 19.1 Å². The Morgan fingerprint density at radius 1 is 1.37 bits per heavy atom. The largest absolute Gasteiger partial charge is 0.479 e. The standard InChI is InChI=1S/C13H16FNO4/c1-3-19-8-11(16)15-13(2,12(17)18)9-4-6-10(14)7-5-9/h4-7H,3,8H2,1-2H3,(H,15,16)(H,17,18). The van der Waals surface area contributed by atoms with E-state index in [1.165, 1.54) is 19.1 Å². The number of hydrogen-bond acceptors (Lipinski definition) is 3. The number of carbonyl (C=O) groups excluding carboxylic acids is 1. The summed E-state index contributed by atoms with van der Waals surface area (Å²) in [6.45, 7) is 3.20. The van der Waals surface area contributed by atoms with Crippen molar-refractivity contribution in [2.75, 3.05) is 13.2 Å². The third-order valence-electron chi connectivity index (χ3n) is 2.68. The van der Waals surface area contributed by atoms with Crippen molar-refractivity contribution >= 4 is 11.9 Å². The normalized spacial score (nSPS) is 13.6. The zero-order valence-corrected chi connectivity index (χ0v) is 10.8. The number of halogens is 1. The Hall–Kier alpha value is -1.95. The first-order valence-electron chi connectivity index (χ1n) is 5.78. The van der Waals surface area contributed by atoms with Crippen LogP contribution in [0.5, 0.6) is 0 Å². The summed E-state index contributed by atoms with van der Waals surface area (Å²) in [4.78, 5) is 23.0. The van der Waals surface area contributed by atoms with Crippen molar-refractivity contribution in [1.29, 1.82) is 0 Å². The fourth-order valence-electron chi connectivity index (χ4n) is 1.54. The Morgan fingerprint density at radius 2 is 1.95 bits per heavy atom. The molecule has 0 saturated heterocycles. The van der Waals surface area contributed by atoms with E-state index in [1.54, 1.807) is 6.92 Å². The molecular weight excluding hydrogens is 253 g/mol. The number of carboxylic acid groups (broad SMARTS) is 1. The van der Waals surface area contributed by atoms with Gasteiger partial charge in [0.15, 0.2) is 5.54 Å². The summed E-state index contributed by atoms with van der Waals surface area (Å²) in [5.41, 5.74) is -1.34. The Kier molecular flexibility index (Phi) is 5.00. The van der Waals surface area contributed by atoms with E-state index in [-0.39, 0.29) is 12.2 Å². The van der Waals surface area contributed by atoms with Gasteiger partial charge in [-0.05, 0) is 31.5 Å². The molecule has 0 bridgehead atoms. The highest BCUT2D eigenvalue weighted by molar-refractivity contribution is 5.88. The molecule has 1 amide bonds. The van der Waals surface area contributed by atoms with Crippen LogP contribution in [0.4, 0.5) is 4.39 Å². The molecule has 0 aliphatic carbocycles. The first kappa shape index (κ1) is 15.1. The molecule has 0 aromatic heterocycles. The minimum Gasteiger partial charge on any atom is -0.479 e. The van der Waals surface area contributed by atoms with Gasteiger partial charge in [0.1, 0.15) is 12.4 Å². The predicted octanol–water partition coefficient (Wildman–Crippen LogP) is 1.28. The van der Waals surface area contributed by atoms with Crippen LogP contribution in [0.25, 0.3) is 0 Å². The maximum Gasteiger partial charge on any atom is 0.333 e. The van der Waals surface area contributed by atoms with Gasteiger partial charge in [0.25, 0.3) is 0 Å². The number of carbonyl (C=O) groups is 2. The summed E-state index contributed by atoms with van der Waals surface area (Å²) in [5, 5.41) is 11.7. The molecule has 0 saturated carbocycles. The van der Waals surface area contributed by atoms with Gasteiger partial charge in [-0.2, -0.15) is 0 Å². The number of ether oxygens (including phenoxy) is 1. The lowest BCUT2D eigenvalue weighted by atomic mass is 9.92. The lowest BCUT2D eigenvalue weighted by Gasteiger charge is -2.26. The number of amides is 1. The SMILES string of the molecule is CCOCC(=O)NC(C)(C(=O)O)c1ccc(F)cc1. The average Bonchev–Trinajstić information content (AvgIpc) is 2.36. The number of carboxylic acids is 1. The second-order valence-electron chi connectivity index (χ2n) is 4.12. The molecule has 2 N–H and O–H groups in total. The Labute approximate surface area is 110 Å². The molecule has 1 aromatic carbocycles. The van der Waals surface area contributed by atoms with Crippen LogP contribution in [0.3, 0.4) is 0 Å². The third-order valence-corrected chi connectivity index (χ3v) is 2.68. The first-order valence-corrected chi connectivity index (χ1v) is 5.78. The molecule has 0 aliphatic rings. The number of hydrogen-bond donors (Lipinski definition) is 2. The molecule has 19 heavy (non-hydrogen) atoms. The summed E-state index contributed by atoms with van der Waals surface area (Å²) in [7, 11) is 0. The summed E-state index contributed by atoms with van der Waals surface area (Å²) >= 11 is 0. The van der Waals surface area contributed by atoms with Gasteiger partial charge in [-0.15, -0.1) is 0 Å². The van der Waals surface area contributed by atoms with E-state index < -0.39 is 23.2 Å². The van der Waals surface area contributed by atoms with Gasteiger partial charge in [0, 0.05) is 6.61 Å². The van der Waals surface area contributed by atoms with E-state index >= 15 is 0 Å². The van der Waals surface area contributed by atoms with E-state index in [2.05, 4.69) is 5.32 Å². The third kappa shape index (κ3) is 3.75. The van der Waals surface area contributed by atoms with Crippen molar-refractivity contribution in [3.05, 3.63) is 35.6 Å². The van der Waals surface area contributed by atoms with Crippen LogP contribution in [-0.2, 0) is 19.9 Å². The molecule has 0 fully saturated rings. The number of nitrogens with one attached hydrogen (secondary N) is 1. The highest BCUT2D eigenvalue weighted by Crippen LogP contribution is 2.21. The van der Waals surface area contributed by atoms with Gasteiger partial charge in [-0.3, -0.25) is 4.79 Å². The maximum absolute atomic E-state index is 12.9. The Balaban J connectivity index is 2.94. The van der Waals surface area contributed by atoms with Crippen LogP contribution in [0, 0.1) is 5.82 Å². The first-order chi connectivity index (χ1) is 8.90. The molecule has 6 heteroatoms. The zero-order chi connectivity index (χ0) is 14.5. The lowest BCUT2D eigenvalue weighted by Crippen LogP contribution is -2.50. The van der Waals surface area contributed by atoms with Crippen LogP contribution >= 0.6 is 0 Å². The van der Waals surface area contributed by atoms with Crippen LogP contribution in [0.2, 0.25) is 0 Å². The second-order valence-corrected chi connectivity index (χ2v) is 4.12. The van der Waals surface area contributed by atoms with Crippen molar-refractivity contribution in [2.45, 2.75) is 19.4 Å². The topological polar surface area (TPSA) is 75.6 Å². The molecule has 1 unspecified atom stereocenters. The predicted molar refractivity (Wildman–Crippen MR) is 66.0 cm³/mol. The van der Waals surface area contributed by atoms with Gasteiger partial charge in [0.05, 0.1) is 0 Å². The average molecular weight is 269 g/mol. The molecule has 0 heterocycles. The molecule has 5 nitrogen and oxygen atoms in total. The molecule has 0 spiro atoms. The van der Waals surface area contributed by atoms with Gasteiger partial charge in [-0.25, -0.2) is 9.18 Å². The molecule has 1 atom stereocenters. The number of benzene rings is 1. The van der Waals surface area contributed by atoms with Gasteiger partial charge in [-0.1, -0.05) is 12.1 Å². The number of rotatable bonds is 6. The molecule has 0 aliphatic heterocycles. The molecule has 1 rings (SSSR count). The summed E-state index contributed by atoms with van der Waals surface area (Å²) < 4.78 is 17.8. The van der Waals surface area contributed by atoms with E-state index in [1.807, 2.05) is 0 Å². The van der Waals surface area contributed by atoms with Crippen LogP contribution in [0.1, 0.15) is 19.4 Å². The zero-order valence-electron chi connectivity index (χ0n) is 10.8. The van der Waals surface area contributed by atoms with Crippen LogP contribution in [-0.4, -0.2) is 30.2 Å². The molecule has 104 valence electrons. The van der Waals surface area contributed by atoms with Gasteiger partial charge in [0.2, 0.25) is 5.91 Å². The van der Waals surface area contributed by atoms with Crippen LogP contribution < -0.4 is 5.32 Å². The van der Waals surface area contributed by atoms with Crippen molar-refractivity contribution < 1.29 is 23.8 Å². The fourth-order valence-corrected chi connectivity index (χ4v) is 1.54. The highest BCUT2D eigenvalue weighted by atomic mass is 19.1. The van der Waals surface area contributed by atoms with Gasteiger partial charge < -0.3 is 15.2 Å². The van der Waals surface area contributed by atoms with E-state index in [0.29, 0.717) is 6.61 Å². The monoisotopic (exact) mass is 269 g/mol. The number of aliphatic carboxylic acids is 1. The van der Waals surface area contributed by atoms with Crippen molar-refractivity contribution in [3.8, 4) is 0 Å². The van der Waals surface area contributed by atoms with E-state index in [0.717, 1.165) is 12.1 Å². The molecule has 1 aromatic rings. The Morgan fingerprint density at radius 3 is 2.42 bits per heavy atom. The van der Waals surface area contributed by atoms with Crippen molar-refractivity contribution in [1.82, 2.24) is 5.32 Å². The lowest BCUT2D eigenvalue weighted by molar-refractivity contribution is -0.148. The van der Waals surface area contributed by atoms with E-state index in [4.69, 9.17) is 4.74 Å². The smallest absolute Gasteiger partial charge is 0.333 e. The molecule has 0 radical (unpaired) electrons. The Bertz CT molecular complexity index is 460. The quantitative estimate of drug-likeness (QED) is 0.815. The van der Waals surface area contributed by atoms with Crippen molar-refractivity contribution in [2.24, 2.45) is 0 Å². The maximum atomic E-state index is 12.9. The minimum absolute atomic E-state index is 0.222. The highest BCUT2D eigenvalue weighted by Gasteiger charge is 2.36. The van der Waals surface area contributed by atoms with Crippen LogP contribution in [0.15, 0.2) is 24.3 Å². The minimum atomic E-state index is -1.62. The summed E-state index contributed by atoms with van der Waals surface area (Å²) in [6, 6.07) is 4.94. The summed E-state index contributed by atoms with van der Waals surface area (Å²) in [6.07, 6.45) is 0.